The fraction of sp³-hybridized carbons (Fsp3) is 0.500. The zero-order valence-electron chi connectivity index (χ0n) is 12.3. The standard InChI is InChI=1S/C16H23N3O2/c20-15-10-13-19(12-7-2-1-6-11-17-15)16(21)18-14-8-4-3-5-9-14/h3-5,8-9H,1-2,6-7,10-13H2,(H,17,20)(H,18,21). The Morgan fingerprint density at radius 3 is 2.62 bits per heavy atom. The van der Waals surface area contributed by atoms with E-state index < -0.39 is 0 Å². The SMILES string of the molecule is O=C1CCN(C(=O)Nc2ccccc2)CCCCCCN1. The lowest BCUT2D eigenvalue weighted by Gasteiger charge is -2.22. The minimum Gasteiger partial charge on any atom is -0.356 e. The highest BCUT2D eigenvalue weighted by Gasteiger charge is 2.15. The Morgan fingerprint density at radius 2 is 1.81 bits per heavy atom. The molecule has 0 radical (unpaired) electrons. The van der Waals surface area contributed by atoms with Crippen LogP contribution in [0.4, 0.5) is 10.5 Å². The highest BCUT2D eigenvalue weighted by molar-refractivity contribution is 5.89. The molecule has 0 saturated carbocycles. The molecule has 0 aliphatic carbocycles. The van der Waals surface area contributed by atoms with Crippen molar-refractivity contribution in [3.05, 3.63) is 30.3 Å². The summed E-state index contributed by atoms with van der Waals surface area (Å²) < 4.78 is 0. The number of carbonyl (C=O) groups excluding carboxylic acids is 2. The molecule has 5 heteroatoms. The number of amides is 3. The van der Waals surface area contributed by atoms with Crippen molar-refractivity contribution in [1.29, 1.82) is 0 Å². The summed E-state index contributed by atoms with van der Waals surface area (Å²) in [5.41, 5.74) is 0.779. The maximum absolute atomic E-state index is 12.3. The van der Waals surface area contributed by atoms with Gasteiger partial charge < -0.3 is 15.5 Å². The number of nitrogens with zero attached hydrogens (tertiary/aromatic N) is 1. The lowest BCUT2D eigenvalue weighted by Crippen LogP contribution is -2.38. The third kappa shape index (κ3) is 5.45. The molecule has 2 N–H and O–H groups in total. The molecule has 2 rings (SSSR count). The number of hydrogen-bond donors (Lipinski definition) is 2. The maximum Gasteiger partial charge on any atom is 0.321 e. The molecule has 1 aromatic rings. The molecule has 1 fully saturated rings. The Kier molecular flexibility index (Phi) is 6.06. The summed E-state index contributed by atoms with van der Waals surface area (Å²) in [7, 11) is 0. The number of benzene rings is 1. The molecule has 3 amide bonds. The lowest BCUT2D eigenvalue weighted by molar-refractivity contribution is -0.121. The summed E-state index contributed by atoms with van der Waals surface area (Å²) in [5.74, 6) is 0.0226. The van der Waals surface area contributed by atoms with Crippen LogP contribution in [0, 0.1) is 0 Å². The van der Waals surface area contributed by atoms with Crippen molar-refractivity contribution < 1.29 is 9.59 Å². The van der Waals surface area contributed by atoms with Crippen LogP contribution in [0.2, 0.25) is 0 Å². The second kappa shape index (κ2) is 8.29. The predicted molar refractivity (Wildman–Crippen MR) is 83.1 cm³/mol. The monoisotopic (exact) mass is 289 g/mol. The smallest absolute Gasteiger partial charge is 0.321 e. The van der Waals surface area contributed by atoms with E-state index in [1.54, 1.807) is 4.90 Å². The van der Waals surface area contributed by atoms with E-state index in [0.717, 1.165) is 37.9 Å². The van der Waals surface area contributed by atoms with Gasteiger partial charge in [0.15, 0.2) is 0 Å². The molecule has 1 aliphatic rings. The summed E-state index contributed by atoms with van der Waals surface area (Å²) in [5, 5.41) is 5.77. The molecule has 5 nitrogen and oxygen atoms in total. The summed E-state index contributed by atoms with van der Waals surface area (Å²) in [6.07, 6.45) is 4.54. The first-order chi connectivity index (χ1) is 10.3. The average molecular weight is 289 g/mol. The third-order valence-electron chi connectivity index (χ3n) is 3.60. The maximum atomic E-state index is 12.3. The first-order valence-electron chi connectivity index (χ1n) is 7.63. The van der Waals surface area contributed by atoms with Crippen LogP contribution in [0.15, 0.2) is 30.3 Å². The second-order valence-electron chi connectivity index (χ2n) is 5.30. The highest BCUT2D eigenvalue weighted by Crippen LogP contribution is 2.09. The lowest BCUT2D eigenvalue weighted by atomic mass is 10.2. The van der Waals surface area contributed by atoms with Crippen LogP contribution < -0.4 is 10.6 Å². The molecule has 0 spiro atoms. The largest absolute Gasteiger partial charge is 0.356 e. The number of nitrogens with one attached hydrogen (secondary N) is 2. The minimum atomic E-state index is -0.131. The molecule has 1 aromatic carbocycles. The molecule has 1 heterocycles. The normalized spacial score (nSPS) is 17.5. The fourth-order valence-corrected chi connectivity index (χ4v) is 2.37. The Labute approximate surface area is 125 Å². The van der Waals surface area contributed by atoms with Crippen LogP contribution in [0.3, 0.4) is 0 Å². The number of urea groups is 1. The topological polar surface area (TPSA) is 61.4 Å². The summed E-state index contributed by atoms with van der Waals surface area (Å²) >= 11 is 0. The van der Waals surface area contributed by atoms with E-state index in [0.29, 0.717) is 19.5 Å². The van der Waals surface area contributed by atoms with Crippen LogP contribution in [-0.2, 0) is 4.79 Å². The second-order valence-corrected chi connectivity index (χ2v) is 5.30. The molecule has 114 valence electrons. The fourth-order valence-electron chi connectivity index (χ4n) is 2.37. The molecular formula is C16H23N3O2. The molecule has 0 atom stereocenters. The van der Waals surface area contributed by atoms with Gasteiger partial charge in [-0.15, -0.1) is 0 Å². The minimum absolute atomic E-state index is 0.0226. The van der Waals surface area contributed by atoms with E-state index >= 15 is 0 Å². The predicted octanol–water partition coefficient (Wildman–Crippen LogP) is 2.60. The molecule has 1 saturated heterocycles. The van der Waals surface area contributed by atoms with Gasteiger partial charge in [-0.2, -0.15) is 0 Å². The summed E-state index contributed by atoms with van der Waals surface area (Å²) in [6, 6.07) is 9.26. The van der Waals surface area contributed by atoms with E-state index in [1.165, 1.54) is 0 Å². The van der Waals surface area contributed by atoms with Gasteiger partial charge in [-0.05, 0) is 25.0 Å². The number of para-hydroxylation sites is 1. The van der Waals surface area contributed by atoms with Crippen molar-refractivity contribution >= 4 is 17.6 Å². The Morgan fingerprint density at radius 1 is 1.05 bits per heavy atom. The summed E-state index contributed by atoms with van der Waals surface area (Å²) in [6.45, 7) is 1.91. The van der Waals surface area contributed by atoms with Crippen LogP contribution in [0.5, 0.6) is 0 Å². The zero-order chi connectivity index (χ0) is 14.9. The first kappa shape index (κ1) is 15.4. The van der Waals surface area contributed by atoms with Gasteiger partial charge in [0.1, 0.15) is 0 Å². The number of anilines is 1. The van der Waals surface area contributed by atoms with E-state index in [4.69, 9.17) is 0 Å². The third-order valence-corrected chi connectivity index (χ3v) is 3.60. The highest BCUT2D eigenvalue weighted by atomic mass is 16.2. The van der Waals surface area contributed by atoms with Crippen molar-refractivity contribution in [2.75, 3.05) is 25.0 Å². The van der Waals surface area contributed by atoms with Crippen molar-refractivity contribution in [2.45, 2.75) is 32.1 Å². The van der Waals surface area contributed by atoms with Gasteiger partial charge in [-0.1, -0.05) is 31.0 Å². The van der Waals surface area contributed by atoms with Crippen molar-refractivity contribution in [3.63, 3.8) is 0 Å². The van der Waals surface area contributed by atoms with Crippen LogP contribution in [0.1, 0.15) is 32.1 Å². The number of rotatable bonds is 1. The van der Waals surface area contributed by atoms with Crippen molar-refractivity contribution in [1.82, 2.24) is 10.2 Å². The molecule has 21 heavy (non-hydrogen) atoms. The van der Waals surface area contributed by atoms with Gasteiger partial charge in [-0.3, -0.25) is 4.79 Å². The quantitative estimate of drug-likeness (QED) is 0.835. The molecule has 0 aromatic heterocycles. The van der Waals surface area contributed by atoms with Gasteiger partial charge in [-0.25, -0.2) is 4.79 Å². The Balaban J connectivity index is 1.93. The molecule has 0 unspecified atom stereocenters. The van der Waals surface area contributed by atoms with Crippen LogP contribution in [0.25, 0.3) is 0 Å². The van der Waals surface area contributed by atoms with E-state index in [9.17, 15) is 9.59 Å². The number of carbonyl (C=O) groups is 2. The number of hydrogen-bond acceptors (Lipinski definition) is 2. The Hall–Kier alpha value is -2.04. The molecule has 0 bridgehead atoms. The van der Waals surface area contributed by atoms with E-state index in [-0.39, 0.29) is 11.9 Å². The van der Waals surface area contributed by atoms with Crippen molar-refractivity contribution in [3.8, 4) is 0 Å². The molecule has 1 aliphatic heterocycles. The van der Waals surface area contributed by atoms with Gasteiger partial charge in [0.2, 0.25) is 5.91 Å². The van der Waals surface area contributed by atoms with Crippen LogP contribution in [-0.4, -0.2) is 36.5 Å². The average Bonchev–Trinajstić information content (AvgIpc) is 2.54. The Bertz CT molecular complexity index is 462. The van der Waals surface area contributed by atoms with E-state index in [2.05, 4.69) is 10.6 Å². The van der Waals surface area contributed by atoms with Gasteiger partial charge in [0.25, 0.3) is 0 Å². The van der Waals surface area contributed by atoms with Gasteiger partial charge in [0.05, 0.1) is 0 Å². The zero-order valence-corrected chi connectivity index (χ0v) is 12.3. The van der Waals surface area contributed by atoms with Gasteiger partial charge >= 0.3 is 6.03 Å². The van der Waals surface area contributed by atoms with E-state index in [1.807, 2.05) is 30.3 Å². The van der Waals surface area contributed by atoms with Crippen molar-refractivity contribution in [2.24, 2.45) is 0 Å². The molecular weight excluding hydrogens is 266 g/mol. The van der Waals surface area contributed by atoms with Crippen LogP contribution >= 0.6 is 0 Å². The first-order valence-corrected chi connectivity index (χ1v) is 7.63. The summed E-state index contributed by atoms with van der Waals surface area (Å²) in [4.78, 5) is 25.7. The van der Waals surface area contributed by atoms with Gasteiger partial charge in [0, 0.05) is 31.7 Å².